The maximum absolute atomic E-state index is 11.0. The molecule has 0 unspecified atom stereocenters. The molecule has 1 aliphatic rings. The molecule has 1 aliphatic carbocycles. The molecule has 0 saturated heterocycles. The van der Waals surface area contributed by atoms with E-state index in [1.54, 1.807) is 6.20 Å². The molecule has 1 atom stereocenters. The summed E-state index contributed by atoms with van der Waals surface area (Å²) < 4.78 is 17.4. The first-order valence-electron chi connectivity index (χ1n) is 10.3. The molecule has 164 valence electrons. The molecule has 1 amide bonds. The highest BCUT2D eigenvalue weighted by atomic mass is 32.1. The van der Waals surface area contributed by atoms with Crippen molar-refractivity contribution in [1.29, 1.82) is 0 Å². The Kier molecular flexibility index (Phi) is 6.62. The Balaban J connectivity index is 1.23. The van der Waals surface area contributed by atoms with E-state index in [2.05, 4.69) is 20.3 Å². The second-order valence-electron chi connectivity index (χ2n) is 7.93. The average molecular weight is 443 g/mol. The molecule has 4 rings (SSSR count). The van der Waals surface area contributed by atoms with Gasteiger partial charge in [0.15, 0.2) is 4.83 Å². The maximum Gasteiger partial charge on any atom is 0.282 e. The van der Waals surface area contributed by atoms with Crippen LogP contribution in [0.5, 0.6) is 17.0 Å². The molecule has 3 aromatic rings. The molecule has 0 aromatic carbocycles. The highest BCUT2D eigenvalue weighted by Gasteiger charge is 2.30. The van der Waals surface area contributed by atoms with Gasteiger partial charge in [0.25, 0.3) is 5.19 Å². The molecule has 0 spiro atoms. The molecule has 0 bridgehead atoms. The number of amides is 1. The first kappa shape index (κ1) is 21.5. The summed E-state index contributed by atoms with van der Waals surface area (Å²) in [4.78, 5) is 25.0. The molecule has 3 aromatic heterocycles. The van der Waals surface area contributed by atoms with Gasteiger partial charge in [-0.25, -0.2) is 15.0 Å². The lowest BCUT2D eigenvalue weighted by Crippen LogP contribution is -2.40. The third kappa shape index (κ3) is 5.89. The van der Waals surface area contributed by atoms with E-state index < -0.39 is 0 Å². The Morgan fingerprint density at radius 3 is 2.77 bits per heavy atom. The molecule has 31 heavy (non-hydrogen) atoms. The minimum atomic E-state index is -0.0353. The van der Waals surface area contributed by atoms with Crippen LogP contribution in [0.15, 0.2) is 30.5 Å². The van der Waals surface area contributed by atoms with Gasteiger partial charge in [-0.05, 0) is 44.2 Å². The van der Waals surface area contributed by atoms with Gasteiger partial charge < -0.3 is 19.5 Å². The largest absolute Gasteiger partial charge is 0.477 e. The van der Waals surface area contributed by atoms with Crippen molar-refractivity contribution in [2.75, 3.05) is 13.2 Å². The fraction of sp³-hybridized carbons (Fsp3) is 0.455. The van der Waals surface area contributed by atoms with Gasteiger partial charge in [0.05, 0.1) is 19.3 Å². The Bertz CT molecular complexity index is 1030. The zero-order valence-electron chi connectivity index (χ0n) is 17.8. The lowest BCUT2D eigenvalue weighted by Gasteiger charge is -2.35. The molecule has 0 radical (unpaired) electrons. The van der Waals surface area contributed by atoms with Gasteiger partial charge in [-0.2, -0.15) is 0 Å². The number of carbonyl (C=O) groups excluding carboxylic acids is 1. The number of nitrogens with zero attached hydrogens (tertiary/aromatic N) is 3. The van der Waals surface area contributed by atoms with Crippen molar-refractivity contribution in [1.82, 2.24) is 20.3 Å². The van der Waals surface area contributed by atoms with Crippen LogP contribution in [0.1, 0.15) is 32.3 Å². The minimum Gasteiger partial charge on any atom is -0.477 e. The standard InChI is InChI=1S/C22H26N4O4S/c1-13-4-6-19(23-10-13)30-22-25-18-5-7-20(26-21(18)31-22)29-12-16-8-17(9-16)28-11-14(2)24-15(3)27/h4-7,10,14,16-17H,8-9,11-12H2,1-3H3,(H,24,27)/t14-,16-,17-/m0/s1. The van der Waals surface area contributed by atoms with Crippen molar-refractivity contribution in [3.63, 3.8) is 0 Å². The summed E-state index contributed by atoms with van der Waals surface area (Å²) >= 11 is 1.36. The summed E-state index contributed by atoms with van der Waals surface area (Å²) in [5.41, 5.74) is 1.84. The van der Waals surface area contributed by atoms with E-state index in [0.29, 0.717) is 36.1 Å². The summed E-state index contributed by atoms with van der Waals surface area (Å²) in [6.07, 6.45) is 3.90. The second kappa shape index (κ2) is 9.57. The third-order valence-electron chi connectivity index (χ3n) is 4.98. The van der Waals surface area contributed by atoms with Gasteiger partial charge in [0.2, 0.25) is 17.7 Å². The van der Waals surface area contributed by atoms with E-state index in [1.165, 1.54) is 18.3 Å². The van der Waals surface area contributed by atoms with E-state index in [-0.39, 0.29) is 18.1 Å². The number of rotatable bonds is 9. The Hall–Kier alpha value is -2.78. The molecular weight excluding hydrogens is 416 g/mol. The summed E-state index contributed by atoms with van der Waals surface area (Å²) in [5.74, 6) is 1.51. The van der Waals surface area contributed by atoms with Crippen LogP contribution in [-0.4, -0.2) is 46.2 Å². The number of thiazole rings is 1. The summed E-state index contributed by atoms with van der Waals surface area (Å²) in [6.45, 7) is 6.57. The predicted octanol–water partition coefficient (Wildman–Crippen LogP) is 3.89. The Morgan fingerprint density at radius 1 is 1.23 bits per heavy atom. The number of aryl methyl sites for hydroxylation is 1. The molecular formula is C22H26N4O4S. The van der Waals surface area contributed by atoms with E-state index in [4.69, 9.17) is 14.2 Å². The molecule has 1 fully saturated rings. The molecule has 9 heteroatoms. The number of nitrogens with one attached hydrogen (secondary N) is 1. The van der Waals surface area contributed by atoms with E-state index in [0.717, 1.165) is 28.8 Å². The van der Waals surface area contributed by atoms with Crippen LogP contribution >= 0.6 is 11.3 Å². The number of fused-ring (bicyclic) bond motifs is 1. The van der Waals surface area contributed by atoms with Gasteiger partial charge in [-0.15, -0.1) is 0 Å². The maximum atomic E-state index is 11.0. The van der Waals surface area contributed by atoms with Crippen LogP contribution in [-0.2, 0) is 9.53 Å². The lowest BCUT2D eigenvalue weighted by molar-refractivity contribution is -0.120. The highest BCUT2D eigenvalue weighted by molar-refractivity contribution is 7.19. The molecule has 8 nitrogen and oxygen atoms in total. The predicted molar refractivity (Wildman–Crippen MR) is 118 cm³/mol. The first-order chi connectivity index (χ1) is 14.9. The zero-order chi connectivity index (χ0) is 21.8. The van der Waals surface area contributed by atoms with Gasteiger partial charge >= 0.3 is 0 Å². The number of hydrogen-bond acceptors (Lipinski definition) is 8. The summed E-state index contributed by atoms with van der Waals surface area (Å²) in [6, 6.07) is 7.51. The fourth-order valence-electron chi connectivity index (χ4n) is 3.33. The Labute approximate surface area is 185 Å². The van der Waals surface area contributed by atoms with Gasteiger partial charge in [0, 0.05) is 31.3 Å². The zero-order valence-corrected chi connectivity index (χ0v) is 18.6. The number of ether oxygens (including phenoxy) is 3. The SMILES string of the molecule is CC(=O)N[C@@H](C)CO[C@H]1C[C@H](COc2ccc3nc(Oc4ccc(C)cn4)sc3n2)C1. The molecule has 0 aliphatic heterocycles. The van der Waals surface area contributed by atoms with Crippen LogP contribution in [0.25, 0.3) is 10.3 Å². The number of carbonyl (C=O) groups is 1. The topological polar surface area (TPSA) is 95.5 Å². The van der Waals surface area contributed by atoms with Crippen LogP contribution in [0.4, 0.5) is 0 Å². The second-order valence-corrected chi connectivity index (χ2v) is 8.87. The minimum absolute atomic E-state index is 0.0267. The summed E-state index contributed by atoms with van der Waals surface area (Å²) in [7, 11) is 0. The normalized spacial score (nSPS) is 18.9. The monoisotopic (exact) mass is 442 g/mol. The Morgan fingerprint density at radius 2 is 2.03 bits per heavy atom. The number of hydrogen-bond donors (Lipinski definition) is 1. The van der Waals surface area contributed by atoms with E-state index >= 15 is 0 Å². The van der Waals surface area contributed by atoms with Crippen LogP contribution in [0.3, 0.4) is 0 Å². The highest BCUT2D eigenvalue weighted by Crippen LogP contribution is 2.33. The average Bonchev–Trinajstić information content (AvgIpc) is 3.09. The van der Waals surface area contributed by atoms with Gasteiger partial charge in [-0.3, -0.25) is 4.79 Å². The smallest absolute Gasteiger partial charge is 0.282 e. The van der Waals surface area contributed by atoms with Crippen molar-refractivity contribution < 1.29 is 19.0 Å². The first-order valence-corrected chi connectivity index (χ1v) is 11.2. The van der Waals surface area contributed by atoms with E-state index in [1.807, 2.05) is 38.1 Å². The van der Waals surface area contributed by atoms with Crippen molar-refractivity contribution >= 4 is 27.6 Å². The van der Waals surface area contributed by atoms with Crippen LogP contribution < -0.4 is 14.8 Å². The van der Waals surface area contributed by atoms with Gasteiger partial charge in [0.1, 0.15) is 5.52 Å². The van der Waals surface area contributed by atoms with Crippen molar-refractivity contribution in [2.24, 2.45) is 5.92 Å². The quantitative estimate of drug-likeness (QED) is 0.537. The van der Waals surface area contributed by atoms with Crippen LogP contribution in [0.2, 0.25) is 0 Å². The van der Waals surface area contributed by atoms with Crippen molar-refractivity contribution in [3.8, 4) is 17.0 Å². The molecule has 1 N–H and O–H groups in total. The van der Waals surface area contributed by atoms with E-state index in [9.17, 15) is 4.79 Å². The van der Waals surface area contributed by atoms with Crippen LogP contribution in [0, 0.1) is 12.8 Å². The lowest BCUT2D eigenvalue weighted by atomic mass is 9.83. The molecule has 3 heterocycles. The van der Waals surface area contributed by atoms with Crippen molar-refractivity contribution in [3.05, 3.63) is 36.0 Å². The number of pyridine rings is 2. The van der Waals surface area contributed by atoms with Gasteiger partial charge in [-0.1, -0.05) is 17.4 Å². The number of aromatic nitrogens is 3. The van der Waals surface area contributed by atoms with Crippen molar-refractivity contribution in [2.45, 2.75) is 45.8 Å². The molecule has 1 saturated carbocycles. The third-order valence-corrected chi connectivity index (χ3v) is 5.82. The summed E-state index contributed by atoms with van der Waals surface area (Å²) in [5, 5.41) is 3.33. The fourth-order valence-corrected chi connectivity index (χ4v) is 4.12.